The van der Waals surface area contributed by atoms with Gasteiger partial charge in [0.2, 0.25) is 0 Å². The van der Waals surface area contributed by atoms with Crippen molar-refractivity contribution in [2.75, 3.05) is 6.54 Å². The van der Waals surface area contributed by atoms with Gasteiger partial charge in [0.15, 0.2) is 0 Å². The van der Waals surface area contributed by atoms with Crippen molar-refractivity contribution in [3.63, 3.8) is 0 Å². The van der Waals surface area contributed by atoms with Crippen molar-refractivity contribution in [1.82, 2.24) is 5.32 Å². The maximum Gasteiger partial charge on any atom is 0.309 e. The van der Waals surface area contributed by atoms with Gasteiger partial charge in [0, 0.05) is 6.04 Å². The molecule has 1 aliphatic heterocycles. The number of rotatable bonds is 2. The highest BCUT2D eigenvalue weighted by molar-refractivity contribution is 5.72. The van der Waals surface area contributed by atoms with Crippen LogP contribution in [-0.4, -0.2) is 24.7 Å². The normalized spacial score (nSPS) is 32.3. The molecule has 2 rings (SSSR count). The van der Waals surface area contributed by atoms with Gasteiger partial charge in [-0.2, -0.15) is 0 Å². The summed E-state index contributed by atoms with van der Waals surface area (Å²) in [5, 5.41) is 3.36. The Labute approximate surface area is 97.9 Å². The fourth-order valence-electron chi connectivity index (χ4n) is 2.79. The van der Waals surface area contributed by atoms with Gasteiger partial charge in [0.1, 0.15) is 6.10 Å². The molecule has 2 unspecified atom stereocenters. The number of hydrogen-bond donors (Lipinski definition) is 1. The summed E-state index contributed by atoms with van der Waals surface area (Å²) in [7, 11) is 0. The monoisotopic (exact) mass is 225 g/mol. The molecule has 1 aliphatic carbocycles. The number of esters is 1. The minimum atomic E-state index is 0.0558. The molecule has 1 heterocycles. The minimum Gasteiger partial charge on any atom is -0.462 e. The second kappa shape index (κ2) is 5.67. The van der Waals surface area contributed by atoms with E-state index in [2.05, 4.69) is 12.2 Å². The molecule has 1 N–H and O–H groups in total. The Morgan fingerprint density at radius 3 is 2.62 bits per heavy atom. The Morgan fingerprint density at radius 2 is 1.94 bits per heavy atom. The first-order valence-electron chi connectivity index (χ1n) is 6.69. The number of ether oxygens (including phenoxy) is 1. The molecule has 2 aliphatic rings. The Kier molecular flexibility index (Phi) is 4.22. The summed E-state index contributed by atoms with van der Waals surface area (Å²) < 4.78 is 5.61. The lowest BCUT2D eigenvalue weighted by Crippen LogP contribution is -2.40. The number of carbonyl (C=O) groups is 1. The zero-order chi connectivity index (χ0) is 11.4. The van der Waals surface area contributed by atoms with E-state index in [1.54, 1.807) is 0 Å². The molecule has 2 atom stereocenters. The second-order valence-corrected chi connectivity index (χ2v) is 5.27. The lowest BCUT2D eigenvalue weighted by atomic mass is 9.93. The molecular formula is C13H23NO2. The third-order valence-corrected chi connectivity index (χ3v) is 3.79. The Balaban J connectivity index is 1.77. The fourth-order valence-corrected chi connectivity index (χ4v) is 2.79. The van der Waals surface area contributed by atoms with Crippen LogP contribution in [0.1, 0.15) is 51.9 Å². The molecule has 1 saturated carbocycles. The molecule has 3 heteroatoms. The Morgan fingerprint density at radius 1 is 1.19 bits per heavy atom. The first kappa shape index (κ1) is 11.9. The van der Waals surface area contributed by atoms with Crippen LogP contribution in [0.4, 0.5) is 0 Å². The van der Waals surface area contributed by atoms with E-state index in [0.29, 0.717) is 6.04 Å². The molecular weight excluding hydrogens is 202 g/mol. The molecule has 0 aromatic carbocycles. The summed E-state index contributed by atoms with van der Waals surface area (Å²) in [6, 6.07) is 0.456. The van der Waals surface area contributed by atoms with Gasteiger partial charge in [0.05, 0.1) is 5.92 Å². The Hall–Kier alpha value is -0.570. The van der Waals surface area contributed by atoms with E-state index in [9.17, 15) is 4.79 Å². The van der Waals surface area contributed by atoms with Crippen LogP contribution < -0.4 is 5.32 Å². The summed E-state index contributed by atoms with van der Waals surface area (Å²) in [6.45, 7) is 3.09. The predicted octanol–water partition coefficient (Wildman–Crippen LogP) is 2.25. The average molecular weight is 225 g/mol. The maximum atomic E-state index is 12.0. The van der Waals surface area contributed by atoms with E-state index >= 15 is 0 Å². The fraction of sp³-hybridized carbons (Fsp3) is 0.923. The number of nitrogens with one attached hydrogen (secondary N) is 1. The first-order valence-corrected chi connectivity index (χ1v) is 6.69. The van der Waals surface area contributed by atoms with Gasteiger partial charge in [0.25, 0.3) is 0 Å². The largest absolute Gasteiger partial charge is 0.462 e. The van der Waals surface area contributed by atoms with E-state index in [1.165, 1.54) is 19.3 Å². The highest BCUT2D eigenvalue weighted by Gasteiger charge is 2.28. The van der Waals surface area contributed by atoms with Crippen LogP contribution >= 0.6 is 0 Å². The topological polar surface area (TPSA) is 38.3 Å². The van der Waals surface area contributed by atoms with Gasteiger partial charge in [-0.25, -0.2) is 0 Å². The highest BCUT2D eigenvalue weighted by atomic mass is 16.5. The van der Waals surface area contributed by atoms with E-state index in [0.717, 1.165) is 32.2 Å². The van der Waals surface area contributed by atoms with Crippen LogP contribution in [0.3, 0.4) is 0 Å². The molecule has 0 aromatic rings. The van der Waals surface area contributed by atoms with Crippen molar-refractivity contribution in [1.29, 1.82) is 0 Å². The van der Waals surface area contributed by atoms with Gasteiger partial charge in [-0.05, 0) is 52.0 Å². The first-order chi connectivity index (χ1) is 7.75. The average Bonchev–Trinajstić information content (AvgIpc) is 2.30. The van der Waals surface area contributed by atoms with Gasteiger partial charge in [-0.3, -0.25) is 4.79 Å². The van der Waals surface area contributed by atoms with Crippen molar-refractivity contribution < 1.29 is 9.53 Å². The molecule has 0 bridgehead atoms. The zero-order valence-electron chi connectivity index (χ0n) is 10.2. The van der Waals surface area contributed by atoms with E-state index in [4.69, 9.17) is 4.74 Å². The van der Waals surface area contributed by atoms with Gasteiger partial charge >= 0.3 is 5.97 Å². The van der Waals surface area contributed by atoms with E-state index in [1.807, 2.05) is 0 Å². The van der Waals surface area contributed by atoms with Crippen LogP contribution in [-0.2, 0) is 9.53 Å². The lowest BCUT2D eigenvalue weighted by molar-refractivity contribution is -0.156. The summed E-state index contributed by atoms with van der Waals surface area (Å²) in [5.41, 5.74) is 0. The second-order valence-electron chi connectivity index (χ2n) is 5.27. The molecule has 0 aromatic heterocycles. The van der Waals surface area contributed by atoms with Crippen molar-refractivity contribution in [3.05, 3.63) is 0 Å². The standard InChI is InChI=1S/C13H23NO2/c1-10-9-11(7-8-14-10)13(15)16-12-5-3-2-4-6-12/h10-12,14H,2-9H2,1H3. The van der Waals surface area contributed by atoms with Crippen LogP contribution in [0.2, 0.25) is 0 Å². The summed E-state index contributed by atoms with van der Waals surface area (Å²) in [4.78, 5) is 12.0. The van der Waals surface area contributed by atoms with Crippen molar-refractivity contribution in [2.24, 2.45) is 5.92 Å². The highest BCUT2D eigenvalue weighted by Crippen LogP contribution is 2.24. The third kappa shape index (κ3) is 3.21. The molecule has 92 valence electrons. The molecule has 2 fully saturated rings. The molecule has 0 spiro atoms. The number of piperidine rings is 1. The molecule has 3 nitrogen and oxygen atoms in total. The minimum absolute atomic E-state index is 0.0558. The molecule has 0 radical (unpaired) electrons. The number of carbonyl (C=O) groups excluding carboxylic acids is 1. The number of hydrogen-bond acceptors (Lipinski definition) is 3. The van der Waals surface area contributed by atoms with Crippen LogP contribution in [0.5, 0.6) is 0 Å². The predicted molar refractivity (Wildman–Crippen MR) is 63.2 cm³/mol. The molecule has 16 heavy (non-hydrogen) atoms. The zero-order valence-corrected chi connectivity index (χ0v) is 10.2. The van der Waals surface area contributed by atoms with Gasteiger partial charge in [-0.1, -0.05) is 6.42 Å². The van der Waals surface area contributed by atoms with Crippen molar-refractivity contribution in [3.8, 4) is 0 Å². The smallest absolute Gasteiger partial charge is 0.309 e. The third-order valence-electron chi connectivity index (χ3n) is 3.79. The summed E-state index contributed by atoms with van der Waals surface area (Å²) in [5.74, 6) is 0.193. The van der Waals surface area contributed by atoms with Crippen molar-refractivity contribution >= 4 is 5.97 Å². The van der Waals surface area contributed by atoms with Crippen molar-refractivity contribution in [2.45, 2.75) is 64.0 Å². The lowest BCUT2D eigenvalue weighted by Gasteiger charge is -2.29. The van der Waals surface area contributed by atoms with Crippen LogP contribution in [0, 0.1) is 5.92 Å². The quantitative estimate of drug-likeness (QED) is 0.733. The van der Waals surface area contributed by atoms with E-state index < -0.39 is 0 Å². The summed E-state index contributed by atoms with van der Waals surface area (Å²) in [6.07, 6.45) is 7.99. The Bertz CT molecular complexity index is 236. The maximum absolute atomic E-state index is 12.0. The van der Waals surface area contributed by atoms with Gasteiger partial charge in [-0.15, -0.1) is 0 Å². The van der Waals surface area contributed by atoms with Gasteiger partial charge < -0.3 is 10.1 Å². The van der Waals surface area contributed by atoms with E-state index in [-0.39, 0.29) is 18.0 Å². The molecule has 1 saturated heterocycles. The molecule has 0 amide bonds. The van der Waals surface area contributed by atoms with Crippen LogP contribution in [0.15, 0.2) is 0 Å². The summed E-state index contributed by atoms with van der Waals surface area (Å²) >= 11 is 0. The van der Waals surface area contributed by atoms with Crippen LogP contribution in [0.25, 0.3) is 0 Å². The SMILES string of the molecule is CC1CC(C(=O)OC2CCCCC2)CCN1.